The van der Waals surface area contributed by atoms with Gasteiger partial charge in [0.25, 0.3) is 0 Å². The Morgan fingerprint density at radius 3 is 2.10 bits per heavy atom. The third kappa shape index (κ3) is 4.15. The smallest absolute Gasteiger partial charge is 0.203 e. The van der Waals surface area contributed by atoms with Gasteiger partial charge in [0.1, 0.15) is 18.1 Å². The molecule has 6 heteroatoms. The van der Waals surface area contributed by atoms with E-state index in [1.807, 2.05) is 81.9 Å². The molecule has 0 aliphatic carbocycles. The third-order valence-corrected chi connectivity index (χ3v) is 5.12. The fraction of sp³-hybridized carbons (Fsp3) is 0.174. The number of hydrogen-bond acceptors (Lipinski definition) is 3. The summed E-state index contributed by atoms with van der Waals surface area (Å²) >= 11 is 6.00. The number of para-hydroxylation sites is 2. The van der Waals surface area contributed by atoms with Crippen molar-refractivity contribution in [3.8, 4) is 11.5 Å². The molecule has 0 aliphatic rings. The van der Waals surface area contributed by atoms with Crippen LogP contribution in [0.15, 0.2) is 72.8 Å². The fourth-order valence-electron chi connectivity index (χ4n) is 3.38. The maximum Gasteiger partial charge on any atom is 0.203 e. The fourth-order valence-corrected chi connectivity index (χ4v) is 3.51. The molecule has 4 aromatic rings. The van der Waals surface area contributed by atoms with Crippen molar-refractivity contribution in [3.05, 3.63) is 89.0 Å². The summed E-state index contributed by atoms with van der Waals surface area (Å²) in [5, 5.41) is 9.44. The first-order valence-electron chi connectivity index (χ1n) is 9.39. The molecule has 4 rings (SSSR count). The molecule has 0 saturated heterocycles. The zero-order chi connectivity index (χ0) is 20.2. The quantitative estimate of drug-likeness (QED) is 0.482. The number of halogens is 1. The van der Waals surface area contributed by atoms with E-state index >= 15 is 0 Å². The molecule has 0 bridgehead atoms. The summed E-state index contributed by atoms with van der Waals surface area (Å²) in [4.78, 5) is 0. The van der Waals surface area contributed by atoms with Gasteiger partial charge >= 0.3 is 0 Å². The molecule has 0 atom stereocenters. The predicted octanol–water partition coefficient (Wildman–Crippen LogP) is 4.71. The van der Waals surface area contributed by atoms with Gasteiger partial charge in [-0.15, -0.1) is 0 Å². The van der Waals surface area contributed by atoms with Crippen molar-refractivity contribution in [1.82, 2.24) is 9.13 Å². The molecule has 0 radical (unpaired) electrons. The van der Waals surface area contributed by atoms with E-state index in [1.165, 1.54) is 0 Å². The first-order chi connectivity index (χ1) is 14.2. The molecule has 0 fully saturated rings. The third-order valence-electron chi connectivity index (χ3n) is 4.87. The standard InChI is InChI=1S/C23H22ClN3O2/c1-28-19-10-12-20(13-11-19)29-15-14-26-21-4-2-3-5-22(21)27(23(26)25)16-17-6-8-18(24)9-7-17/h2-13,25H,14-16H2,1H3. The van der Waals surface area contributed by atoms with Crippen LogP contribution in [0, 0.1) is 5.41 Å². The lowest BCUT2D eigenvalue weighted by Crippen LogP contribution is -2.27. The highest BCUT2D eigenvalue weighted by Crippen LogP contribution is 2.18. The summed E-state index contributed by atoms with van der Waals surface area (Å²) in [7, 11) is 1.64. The number of fused-ring (bicyclic) bond motifs is 1. The number of nitrogens with zero attached hydrogens (tertiary/aromatic N) is 2. The summed E-state index contributed by atoms with van der Waals surface area (Å²) in [6.07, 6.45) is 0. The number of methoxy groups -OCH3 is 1. The molecule has 1 aromatic heterocycles. The Morgan fingerprint density at radius 2 is 1.45 bits per heavy atom. The molecule has 1 N–H and O–H groups in total. The average Bonchev–Trinajstić information content (AvgIpc) is 3.02. The molecule has 1 heterocycles. The van der Waals surface area contributed by atoms with Crippen LogP contribution < -0.4 is 15.1 Å². The molecule has 0 unspecified atom stereocenters. The Kier molecular flexibility index (Phi) is 5.58. The molecule has 3 aromatic carbocycles. The highest BCUT2D eigenvalue weighted by atomic mass is 35.5. The van der Waals surface area contributed by atoms with Crippen molar-refractivity contribution in [3.63, 3.8) is 0 Å². The molecule has 0 saturated carbocycles. The number of aromatic nitrogens is 2. The monoisotopic (exact) mass is 407 g/mol. The van der Waals surface area contributed by atoms with Gasteiger partial charge in [-0.25, -0.2) is 0 Å². The lowest BCUT2D eigenvalue weighted by atomic mass is 10.2. The second-order valence-electron chi connectivity index (χ2n) is 6.70. The topological polar surface area (TPSA) is 52.2 Å². The van der Waals surface area contributed by atoms with Crippen LogP contribution in [0.2, 0.25) is 5.02 Å². The summed E-state index contributed by atoms with van der Waals surface area (Å²) in [6.45, 7) is 1.67. The second kappa shape index (κ2) is 8.45. The van der Waals surface area contributed by atoms with E-state index in [2.05, 4.69) is 0 Å². The highest BCUT2D eigenvalue weighted by molar-refractivity contribution is 6.30. The maximum absolute atomic E-state index is 8.73. The van der Waals surface area contributed by atoms with Crippen LogP contribution >= 0.6 is 11.6 Å². The zero-order valence-corrected chi connectivity index (χ0v) is 16.9. The molecule has 0 aliphatic heterocycles. The molecule has 29 heavy (non-hydrogen) atoms. The second-order valence-corrected chi connectivity index (χ2v) is 7.14. The lowest BCUT2D eigenvalue weighted by molar-refractivity contribution is 0.296. The average molecular weight is 408 g/mol. The minimum atomic E-state index is 0.444. The maximum atomic E-state index is 8.73. The number of benzene rings is 3. The van der Waals surface area contributed by atoms with E-state index in [0.717, 1.165) is 28.1 Å². The van der Waals surface area contributed by atoms with Crippen LogP contribution in [-0.4, -0.2) is 22.9 Å². The van der Waals surface area contributed by atoms with Crippen LogP contribution in [0.1, 0.15) is 5.56 Å². The Hall–Kier alpha value is -3.18. The number of hydrogen-bond donors (Lipinski definition) is 1. The van der Waals surface area contributed by atoms with Gasteiger partial charge in [0.15, 0.2) is 0 Å². The van der Waals surface area contributed by atoms with Crippen molar-refractivity contribution in [2.24, 2.45) is 0 Å². The number of imidazole rings is 1. The molecule has 0 spiro atoms. The Balaban J connectivity index is 1.56. The number of ether oxygens (including phenoxy) is 2. The van der Waals surface area contributed by atoms with E-state index in [9.17, 15) is 0 Å². The first kappa shape index (κ1) is 19.2. The van der Waals surface area contributed by atoms with Gasteiger partial charge in [-0.2, -0.15) is 0 Å². The highest BCUT2D eigenvalue weighted by Gasteiger charge is 2.11. The van der Waals surface area contributed by atoms with Gasteiger partial charge in [-0.3, -0.25) is 5.41 Å². The van der Waals surface area contributed by atoms with Gasteiger partial charge in [0, 0.05) is 5.02 Å². The van der Waals surface area contributed by atoms with Crippen molar-refractivity contribution in [2.75, 3.05) is 13.7 Å². The van der Waals surface area contributed by atoms with Crippen LogP contribution in [0.4, 0.5) is 0 Å². The van der Waals surface area contributed by atoms with E-state index in [0.29, 0.717) is 30.3 Å². The van der Waals surface area contributed by atoms with E-state index in [4.69, 9.17) is 26.5 Å². The molecular formula is C23H22ClN3O2. The minimum absolute atomic E-state index is 0.444. The lowest BCUT2D eigenvalue weighted by Gasteiger charge is -2.09. The molecular weight excluding hydrogens is 386 g/mol. The summed E-state index contributed by atoms with van der Waals surface area (Å²) in [5.41, 5.74) is 3.59. The summed E-state index contributed by atoms with van der Waals surface area (Å²) in [5.74, 6) is 1.58. The minimum Gasteiger partial charge on any atom is -0.497 e. The number of nitrogens with one attached hydrogen (secondary N) is 1. The van der Waals surface area contributed by atoms with Crippen LogP contribution in [0.3, 0.4) is 0 Å². The van der Waals surface area contributed by atoms with Crippen LogP contribution in [0.5, 0.6) is 11.5 Å². The zero-order valence-electron chi connectivity index (χ0n) is 16.1. The van der Waals surface area contributed by atoms with Crippen molar-refractivity contribution >= 4 is 22.6 Å². The van der Waals surface area contributed by atoms with Gasteiger partial charge in [0.05, 0.1) is 31.2 Å². The Bertz CT molecular complexity index is 1160. The van der Waals surface area contributed by atoms with Gasteiger partial charge in [0.2, 0.25) is 5.62 Å². The number of rotatable bonds is 7. The van der Waals surface area contributed by atoms with Gasteiger partial charge in [-0.05, 0) is 54.1 Å². The van der Waals surface area contributed by atoms with Crippen molar-refractivity contribution in [1.29, 1.82) is 5.41 Å². The van der Waals surface area contributed by atoms with E-state index in [-0.39, 0.29) is 0 Å². The van der Waals surface area contributed by atoms with E-state index < -0.39 is 0 Å². The Morgan fingerprint density at radius 1 is 0.828 bits per heavy atom. The normalized spacial score (nSPS) is 11.0. The molecule has 5 nitrogen and oxygen atoms in total. The van der Waals surface area contributed by atoms with Crippen LogP contribution in [0.25, 0.3) is 11.0 Å². The van der Waals surface area contributed by atoms with Crippen LogP contribution in [-0.2, 0) is 13.1 Å². The largest absolute Gasteiger partial charge is 0.497 e. The molecule has 148 valence electrons. The van der Waals surface area contributed by atoms with Gasteiger partial charge < -0.3 is 18.6 Å². The van der Waals surface area contributed by atoms with E-state index in [1.54, 1.807) is 7.11 Å². The summed E-state index contributed by atoms with van der Waals surface area (Å²) < 4.78 is 15.0. The van der Waals surface area contributed by atoms with Gasteiger partial charge in [-0.1, -0.05) is 35.9 Å². The van der Waals surface area contributed by atoms with Crippen molar-refractivity contribution < 1.29 is 9.47 Å². The first-order valence-corrected chi connectivity index (χ1v) is 9.77. The predicted molar refractivity (Wildman–Crippen MR) is 115 cm³/mol. The molecule has 0 amide bonds. The summed E-state index contributed by atoms with van der Waals surface area (Å²) in [6, 6.07) is 23.3. The SMILES string of the molecule is COc1ccc(OCCn2c(=N)n(Cc3ccc(Cl)cc3)c3ccccc32)cc1. The Labute approximate surface area is 174 Å². The van der Waals surface area contributed by atoms with Crippen molar-refractivity contribution in [2.45, 2.75) is 13.1 Å².